The maximum absolute atomic E-state index is 12.2. The van der Waals surface area contributed by atoms with Crippen molar-refractivity contribution in [3.8, 4) is 5.75 Å². The number of amides is 2. The molecule has 2 aromatic carbocycles. The van der Waals surface area contributed by atoms with Gasteiger partial charge in [0.15, 0.2) is 0 Å². The monoisotopic (exact) mass is 325 g/mol. The number of carbonyl (C=O) groups excluding carboxylic acids is 1. The van der Waals surface area contributed by atoms with E-state index >= 15 is 0 Å². The molecule has 3 rings (SSSR count). The van der Waals surface area contributed by atoms with E-state index in [4.69, 9.17) is 4.74 Å². The summed E-state index contributed by atoms with van der Waals surface area (Å²) >= 11 is 0. The lowest BCUT2D eigenvalue weighted by atomic mass is 10.2. The van der Waals surface area contributed by atoms with Crippen LogP contribution in [0.3, 0.4) is 0 Å². The minimum Gasteiger partial charge on any atom is -0.492 e. The lowest BCUT2D eigenvalue weighted by molar-refractivity contribution is 0.262. The number of ether oxygens (including phenoxy) is 1. The molecule has 0 radical (unpaired) electrons. The predicted octanol–water partition coefficient (Wildman–Crippen LogP) is 4.33. The van der Waals surface area contributed by atoms with E-state index in [1.165, 1.54) is 18.5 Å². The molecule has 0 unspecified atom stereocenters. The topological polar surface area (TPSA) is 53.6 Å². The first kappa shape index (κ1) is 16.2. The van der Waals surface area contributed by atoms with Crippen molar-refractivity contribution >= 4 is 23.1 Å². The number of para-hydroxylation sites is 2. The lowest BCUT2D eigenvalue weighted by Crippen LogP contribution is -2.20. The second-order valence-corrected chi connectivity index (χ2v) is 5.75. The Kier molecular flexibility index (Phi) is 5.21. The highest BCUT2D eigenvalue weighted by molar-refractivity contribution is 6.00. The zero-order chi connectivity index (χ0) is 16.8. The summed E-state index contributed by atoms with van der Waals surface area (Å²) in [6.45, 7) is 4.69. The molecule has 5 heteroatoms. The first-order chi connectivity index (χ1) is 11.8. The third-order valence-corrected chi connectivity index (χ3v) is 4.03. The molecule has 2 amide bonds. The van der Waals surface area contributed by atoms with Crippen LogP contribution >= 0.6 is 0 Å². The summed E-state index contributed by atoms with van der Waals surface area (Å²) in [5, 5.41) is 5.68. The van der Waals surface area contributed by atoms with Crippen molar-refractivity contribution in [2.24, 2.45) is 0 Å². The van der Waals surface area contributed by atoms with Crippen molar-refractivity contribution in [3.63, 3.8) is 0 Å². The zero-order valence-electron chi connectivity index (χ0n) is 13.9. The van der Waals surface area contributed by atoms with Gasteiger partial charge < -0.3 is 20.3 Å². The van der Waals surface area contributed by atoms with Crippen molar-refractivity contribution in [2.75, 3.05) is 35.2 Å². The van der Waals surface area contributed by atoms with E-state index in [0.29, 0.717) is 18.0 Å². The van der Waals surface area contributed by atoms with E-state index in [9.17, 15) is 4.79 Å². The molecule has 24 heavy (non-hydrogen) atoms. The normalized spacial score (nSPS) is 13.6. The number of carbonyl (C=O) groups is 1. The van der Waals surface area contributed by atoms with Gasteiger partial charge in [0.1, 0.15) is 5.75 Å². The molecular weight excluding hydrogens is 302 g/mol. The van der Waals surface area contributed by atoms with Gasteiger partial charge in [0.2, 0.25) is 0 Å². The molecule has 126 valence electrons. The fraction of sp³-hybridized carbons (Fsp3) is 0.316. The van der Waals surface area contributed by atoms with Crippen LogP contribution in [0.25, 0.3) is 0 Å². The molecule has 2 aromatic rings. The molecule has 0 spiro atoms. The van der Waals surface area contributed by atoms with E-state index in [1.807, 2.05) is 43.3 Å². The SMILES string of the molecule is CCOc1ccccc1NC(=O)Nc1ccc(N2CCCC2)cc1. The smallest absolute Gasteiger partial charge is 0.323 e. The number of urea groups is 1. The molecule has 1 heterocycles. The molecule has 2 N–H and O–H groups in total. The predicted molar refractivity (Wildman–Crippen MR) is 98.1 cm³/mol. The van der Waals surface area contributed by atoms with Gasteiger partial charge >= 0.3 is 6.03 Å². The number of rotatable bonds is 5. The molecule has 5 nitrogen and oxygen atoms in total. The number of anilines is 3. The summed E-state index contributed by atoms with van der Waals surface area (Å²) < 4.78 is 5.51. The highest BCUT2D eigenvalue weighted by Gasteiger charge is 2.12. The Bertz CT molecular complexity index is 679. The molecule has 0 bridgehead atoms. The third kappa shape index (κ3) is 3.98. The Balaban J connectivity index is 1.60. The standard InChI is InChI=1S/C19H23N3O2/c1-2-24-18-8-4-3-7-17(18)21-19(23)20-15-9-11-16(12-10-15)22-13-5-6-14-22/h3-4,7-12H,2,5-6,13-14H2,1H3,(H2,20,21,23). The summed E-state index contributed by atoms with van der Waals surface area (Å²) in [6.07, 6.45) is 2.50. The summed E-state index contributed by atoms with van der Waals surface area (Å²) in [5.74, 6) is 0.666. The zero-order valence-corrected chi connectivity index (χ0v) is 13.9. The molecule has 1 aliphatic heterocycles. The third-order valence-electron chi connectivity index (χ3n) is 4.03. The minimum atomic E-state index is -0.281. The second-order valence-electron chi connectivity index (χ2n) is 5.75. The van der Waals surface area contributed by atoms with Gasteiger partial charge in [-0.1, -0.05) is 12.1 Å². The number of hydrogen-bond acceptors (Lipinski definition) is 3. The van der Waals surface area contributed by atoms with Crippen molar-refractivity contribution in [2.45, 2.75) is 19.8 Å². The summed E-state index contributed by atoms with van der Waals surface area (Å²) in [7, 11) is 0. The number of nitrogens with zero attached hydrogens (tertiary/aromatic N) is 1. The quantitative estimate of drug-likeness (QED) is 0.860. The Morgan fingerprint density at radius 3 is 2.46 bits per heavy atom. The van der Waals surface area contributed by atoms with Crippen LogP contribution in [0.1, 0.15) is 19.8 Å². The Labute approximate surface area is 142 Å². The van der Waals surface area contributed by atoms with Crippen LogP contribution < -0.4 is 20.3 Å². The first-order valence-corrected chi connectivity index (χ1v) is 8.41. The van der Waals surface area contributed by atoms with Gasteiger partial charge in [-0.15, -0.1) is 0 Å². The van der Waals surface area contributed by atoms with E-state index in [2.05, 4.69) is 27.7 Å². The van der Waals surface area contributed by atoms with Crippen molar-refractivity contribution in [1.29, 1.82) is 0 Å². The van der Waals surface area contributed by atoms with E-state index < -0.39 is 0 Å². The van der Waals surface area contributed by atoms with Crippen molar-refractivity contribution in [3.05, 3.63) is 48.5 Å². The van der Waals surface area contributed by atoms with Gasteiger partial charge in [-0.3, -0.25) is 0 Å². The van der Waals surface area contributed by atoms with E-state index in [0.717, 1.165) is 18.8 Å². The highest BCUT2D eigenvalue weighted by Crippen LogP contribution is 2.25. The minimum absolute atomic E-state index is 0.281. The maximum atomic E-state index is 12.2. The summed E-state index contributed by atoms with van der Waals surface area (Å²) in [6, 6.07) is 15.1. The van der Waals surface area contributed by atoms with Crippen LogP contribution in [0.15, 0.2) is 48.5 Å². The number of nitrogens with one attached hydrogen (secondary N) is 2. The fourth-order valence-electron chi connectivity index (χ4n) is 2.87. The highest BCUT2D eigenvalue weighted by atomic mass is 16.5. The van der Waals surface area contributed by atoms with Crippen LogP contribution in [-0.4, -0.2) is 25.7 Å². The van der Waals surface area contributed by atoms with Crippen LogP contribution in [0.5, 0.6) is 5.75 Å². The van der Waals surface area contributed by atoms with Gasteiger partial charge in [0.05, 0.1) is 12.3 Å². The van der Waals surface area contributed by atoms with E-state index in [-0.39, 0.29) is 6.03 Å². The molecule has 1 aliphatic rings. The molecular formula is C19H23N3O2. The molecule has 0 aromatic heterocycles. The second kappa shape index (κ2) is 7.73. The van der Waals surface area contributed by atoms with Crippen molar-refractivity contribution < 1.29 is 9.53 Å². The molecule has 0 saturated carbocycles. The largest absolute Gasteiger partial charge is 0.492 e. The van der Waals surface area contributed by atoms with Gasteiger partial charge in [0.25, 0.3) is 0 Å². The van der Waals surface area contributed by atoms with Gasteiger partial charge in [0, 0.05) is 24.5 Å². The van der Waals surface area contributed by atoms with Gasteiger partial charge in [-0.25, -0.2) is 4.79 Å². The molecule has 0 aliphatic carbocycles. The molecule has 0 atom stereocenters. The Morgan fingerprint density at radius 2 is 1.75 bits per heavy atom. The Morgan fingerprint density at radius 1 is 1.04 bits per heavy atom. The molecule has 1 fully saturated rings. The van der Waals surface area contributed by atoms with Crippen LogP contribution in [-0.2, 0) is 0 Å². The average molecular weight is 325 g/mol. The summed E-state index contributed by atoms with van der Waals surface area (Å²) in [4.78, 5) is 14.6. The van der Waals surface area contributed by atoms with E-state index in [1.54, 1.807) is 0 Å². The number of benzene rings is 2. The first-order valence-electron chi connectivity index (χ1n) is 8.41. The van der Waals surface area contributed by atoms with Crippen molar-refractivity contribution in [1.82, 2.24) is 0 Å². The fourth-order valence-corrected chi connectivity index (χ4v) is 2.87. The Hall–Kier alpha value is -2.69. The maximum Gasteiger partial charge on any atom is 0.323 e. The number of hydrogen-bond donors (Lipinski definition) is 2. The van der Waals surface area contributed by atoms with Gasteiger partial charge in [-0.05, 0) is 56.2 Å². The molecule has 1 saturated heterocycles. The van der Waals surface area contributed by atoms with Gasteiger partial charge in [-0.2, -0.15) is 0 Å². The van der Waals surface area contributed by atoms with Crippen LogP contribution in [0.4, 0.5) is 21.9 Å². The van der Waals surface area contributed by atoms with Crippen LogP contribution in [0, 0.1) is 0 Å². The lowest BCUT2D eigenvalue weighted by Gasteiger charge is -2.18. The van der Waals surface area contributed by atoms with Crippen LogP contribution in [0.2, 0.25) is 0 Å². The average Bonchev–Trinajstić information content (AvgIpc) is 3.12. The summed E-state index contributed by atoms with van der Waals surface area (Å²) in [5.41, 5.74) is 2.63.